The number of benzene rings is 1. The second-order valence-electron chi connectivity index (χ2n) is 3.81. The van der Waals surface area contributed by atoms with Crippen molar-refractivity contribution in [1.82, 2.24) is 0 Å². The van der Waals surface area contributed by atoms with E-state index in [0.717, 1.165) is 5.69 Å². The number of anilines is 1. The van der Waals surface area contributed by atoms with E-state index >= 15 is 0 Å². The smallest absolute Gasteiger partial charge is 0.116 e. The molecule has 0 aliphatic rings. The van der Waals surface area contributed by atoms with Gasteiger partial charge in [0.05, 0.1) is 6.07 Å². The Bertz CT molecular complexity index is 336. The highest BCUT2D eigenvalue weighted by Crippen LogP contribution is 2.16. The van der Waals surface area contributed by atoms with E-state index in [0.29, 0.717) is 5.92 Å². The lowest BCUT2D eigenvalue weighted by molar-refractivity contribution is 0.609. The summed E-state index contributed by atoms with van der Waals surface area (Å²) in [6.45, 7) is 6.12. The molecule has 0 saturated heterocycles. The Hall–Kier alpha value is -1.49. The molecule has 0 spiro atoms. The van der Waals surface area contributed by atoms with Crippen LogP contribution in [-0.4, -0.2) is 6.04 Å². The summed E-state index contributed by atoms with van der Waals surface area (Å²) in [4.78, 5) is 0. The molecule has 1 aromatic rings. The lowest BCUT2D eigenvalue weighted by atomic mass is 10.0. The van der Waals surface area contributed by atoms with E-state index in [1.54, 1.807) is 0 Å². The minimum atomic E-state index is -0.115. The van der Waals surface area contributed by atoms with Crippen molar-refractivity contribution < 1.29 is 0 Å². The average Bonchev–Trinajstić information content (AvgIpc) is 2.16. The van der Waals surface area contributed by atoms with Gasteiger partial charge in [0.25, 0.3) is 0 Å². The second kappa shape index (κ2) is 4.66. The molecule has 0 heterocycles. The van der Waals surface area contributed by atoms with Crippen molar-refractivity contribution in [2.45, 2.75) is 26.8 Å². The first-order chi connectivity index (χ1) is 6.65. The topological polar surface area (TPSA) is 35.8 Å². The third-order valence-corrected chi connectivity index (χ3v) is 2.26. The number of hydrogen-bond acceptors (Lipinski definition) is 2. The first-order valence-electron chi connectivity index (χ1n) is 4.87. The van der Waals surface area contributed by atoms with Crippen molar-refractivity contribution in [2.75, 3.05) is 5.32 Å². The molecule has 2 nitrogen and oxygen atoms in total. The lowest BCUT2D eigenvalue weighted by Gasteiger charge is -2.17. The van der Waals surface area contributed by atoms with E-state index < -0.39 is 0 Å². The molecular weight excluding hydrogens is 172 g/mol. The third-order valence-electron chi connectivity index (χ3n) is 2.26. The van der Waals surface area contributed by atoms with E-state index in [-0.39, 0.29) is 6.04 Å². The van der Waals surface area contributed by atoms with Crippen molar-refractivity contribution in [3.63, 3.8) is 0 Å². The Kier molecular flexibility index (Phi) is 3.53. The Morgan fingerprint density at radius 3 is 2.43 bits per heavy atom. The molecule has 0 saturated carbocycles. The predicted molar refractivity (Wildman–Crippen MR) is 59.0 cm³/mol. The number of nitrogens with zero attached hydrogens (tertiary/aromatic N) is 1. The minimum Gasteiger partial charge on any atom is -0.369 e. The molecule has 0 aliphatic heterocycles. The van der Waals surface area contributed by atoms with Crippen LogP contribution in [0.15, 0.2) is 24.3 Å². The third kappa shape index (κ3) is 2.50. The monoisotopic (exact) mass is 188 g/mol. The Labute approximate surface area is 85.6 Å². The summed E-state index contributed by atoms with van der Waals surface area (Å²) in [6, 6.07) is 10.2. The summed E-state index contributed by atoms with van der Waals surface area (Å²) >= 11 is 0. The van der Waals surface area contributed by atoms with Gasteiger partial charge in [-0.25, -0.2) is 0 Å². The van der Waals surface area contributed by atoms with E-state index in [4.69, 9.17) is 5.26 Å². The van der Waals surface area contributed by atoms with Gasteiger partial charge in [0.2, 0.25) is 0 Å². The van der Waals surface area contributed by atoms with E-state index in [1.807, 2.05) is 45.0 Å². The van der Waals surface area contributed by atoms with Gasteiger partial charge in [-0.05, 0) is 24.5 Å². The van der Waals surface area contributed by atoms with Gasteiger partial charge in [0, 0.05) is 5.69 Å². The fraction of sp³-hybridized carbons (Fsp3) is 0.417. The molecular formula is C12H16N2. The highest BCUT2D eigenvalue weighted by molar-refractivity contribution is 5.51. The minimum absolute atomic E-state index is 0.115. The van der Waals surface area contributed by atoms with Crippen LogP contribution in [0.2, 0.25) is 0 Å². The molecule has 1 N–H and O–H groups in total. The maximum atomic E-state index is 8.94. The van der Waals surface area contributed by atoms with Gasteiger partial charge in [0.15, 0.2) is 0 Å². The van der Waals surface area contributed by atoms with Crippen LogP contribution in [0.3, 0.4) is 0 Å². The summed E-state index contributed by atoms with van der Waals surface area (Å²) in [7, 11) is 0. The number of rotatable bonds is 3. The molecule has 0 aromatic heterocycles. The van der Waals surface area contributed by atoms with Crippen LogP contribution in [0.1, 0.15) is 19.4 Å². The van der Waals surface area contributed by atoms with Crippen molar-refractivity contribution in [2.24, 2.45) is 5.92 Å². The fourth-order valence-electron chi connectivity index (χ4n) is 1.25. The van der Waals surface area contributed by atoms with Crippen LogP contribution in [0.4, 0.5) is 5.69 Å². The van der Waals surface area contributed by atoms with Crippen LogP contribution >= 0.6 is 0 Å². The molecule has 1 rings (SSSR count). The van der Waals surface area contributed by atoms with Gasteiger partial charge in [-0.2, -0.15) is 5.26 Å². The van der Waals surface area contributed by atoms with Crippen LogP contribution < -0.4 is 5.32 Å². The molecule has 1 unspecified atom stereocenters. The zero-order chi connectivity index (χ0) is 10.6. The first kappa shape index (κ1) is 10.6. The predicted octanol–water partition coefficient (Wildman–Crippen LogP) is 2.96. The van der Waals surface area contributed by atoms with Gasteiger partial charge in [-0.1, -0.05) is 32.0 Å². The zero-order valence-corrected chi connectivity index (χ0v) is 8.91. The average molecular weight is 188 g/mol. The first-order valence-corrected chi connectivity index (χ1v) is 4.87. The standard InChI is InChI=1S/C12H16N2/c1-9(2)12(8-13)14-11-7-5-4-6-10(11)3/h4-7,9,12,14H,1-3H3. The van der Waals surface area contributed by atoms with Crippen LogP contribution in [0.5, 0.6) is 0 Å². The van der Waals surface area contributed by atoms with Crippen molar-refractivity contribution >= 4 is 5.69 Å². The highest BCUT2D eigenvalue weighted by atomic mass is 14.9. The summed E-state index contributed by atoms with van der Waals surface area (Å²) in [6.07, 6.45) is 0. The molecule has 74 valence electrons. The summed E-state index contributed by atoms with van der Waals surface area (Å²) in [5.74, 6) is 0.319. The molecule has 2 heteroatoms. The van der Waals surface area contributed by atoms with Crippen molar-refractivity contribution in [3.05, 3.63) is 29.8 Å². The molecule has 0 bridgehead atoms. The van der Waals surface area contributed by atoms with Crippen molar-refractivity contribution in [1.29, 1.82) is 5.26 Å². The molecule has 0 amide bonds. The second-order valence-corrected chi connectivity index (χ2v) is 3.81. The quantitative estimate of drug-likeness (QED) is 0.791. The van der Waals surface area contributed by atoms with Gasteiger partial charge in [-0.3, -0.25) is 0 Å². The molecule has 0 aliphatic carbocycles. The highest BCUT2D eigenvalue weighted by Gasteiger charge is 2.11. The SMILES string of the molecule is Cc1ccccc1NC(C#N)C(C)C. The summed E-state index contributed by atoms with van der Waals surface area (Å²) in [5.41, 5.74) is 2.22. The van der Waals surface area contributed by atoms with Gasteiger partial charge in [-0.15, -0.1) is 0 Å². The van der Waals surface area contributed by atoms with Gasteiger partial charge >= 0.3 is 0 Å². The Morgan fingerprint density at radius 1 is 1.29 bits per heavy atom. The number of nitriles is 1. The van der Waals surface area contributed by atoms with Crippen LogP contribution in [0.25, 0.3) is 0 Å². The van der Waals surface area contributed by atoms with Gasteiger partial charge < -0.3 is 5.32 Å². The maximum Gasteiger partial charge on any atom is 0.116 e. The zero-order valence-electron chi connectivity index (χ0n) is 8.91. The maximum absolute atomic E-state index is 8.94. The van der Waals surface area contributed by atoms with Crippen molar-refractivity contribution in [3.8, 4) is 6.07 Å². The van der Waals surface area contributed by atoms with Crippen LogP contribution in [-0.2, 0) is 0 Å². The Balaban J connectivity index is 2.78. The summed E-state index contributed by atoms with van der Waals surface area (Å²) < 4.78 is 0. The van der Waals surface area contributed by atoms with E-state index in [2.05, 4.69) is 11.4 Å². The molecule has 14 heavy (non-hydrogen) atoms. The molecule has 0 fully saturated rings. The summed E-state index contributed by atoms with van der Waals surface area (Å²) in [5, 5.41) is 12.2. The number of nitrogens with one attached hydrogen (secondary N) is 1. The number of para-hydroxylation sites is 1. The molecule has 1 aromatic carbocycles. The van der Waals surface area contributed by atoms with Gasteiger partial charge in [0.1, 0.15) is 6.04 Å². The normalized spacial score (nSPS) is 12.2. The number of aryl methyl sites for hydroxylation is 1. The van der Waals surface area contributed by atoms with E-state index in [9.17, 15) is 0 Å². The largest absolute Gasteiger partial charge is 0.369 e. The Morgan fingerprint density at radius 2 is 1.93 bits per heavy atom. The molecule has 1 atom stereocenters. The fourth-order valence-corrected chi connectivity index (χ4v) is 1.25. The number of hydrogen-bond donors (Lipinski definition) is 1. The van der Waals surface area contributed by atoms with Crippen LogP contribution in [0, 0.1) is 24.2 Å². The van der Waals surface area contributed by atoms with E-state index in [1.165, 1.54) is 5.56 Å². The molecule has 0 radical (unpaired) electrons. The lowest BCUT2D eigenvalue weighted by Crippen LogP contribution is -2.23.